The number of sulfonamides is 1. The molecule has 0 aliphatic rings. The Hall–Kier alpha value is -1.41. The van der Waals surface area contributed by atoms with E-state index in [1.807, 2.05) is 6.92 Å². The second kappa shape index (κ2) is 5.30. The summed E-state index contributed by atoms with van der Waals surface area (Å²) < 4.78 is 28.2. The first-order valence-electron chi connectivity index (χ1n) is 5.58. The van der Waals surface area contributed by atoms with E-state index in [0.717, 1.165) is 4.31 Å². The van der Waals surface area contributed by atoms with Crippen molar-refractivity contribution in [1.82, 2.24) is 14.8 Å². The van der Waals surface area contributed by atoms with E-state index in [-0.39, 0.29) is 4.90 Å². The lowest BCUT2D eigenvalue weighted by Gasteiger charge is -2.18. The molecular formula is C11H13BrN4O2S. The molecule has 0 spiro atoms. The third-order valence-electron chi connectivity index (χ3n) is 2.63. The molecule has 0 fully saturated rings. The van der Waals surface area contributed by atoms with Gasteiger partial charge in [0.15, 0.2) is 5.82 Å². The van der Waals surface area contributed by atoms with Crippen LogP contribution in [0, 0.1) is 0 Å². The molecular weight excluding hydrogens is 332 g/mol. The van der Waals surface area contributed by atoms with Gasteiger partial charge in [0.2, 0.25) is 0 Å². The van der Waals surface area contributed by atoms with E-state index in [1.165, 1.54) is 19.4 Å². The minimum absolute atomic E-state index is 0.148. The fraction of sp³-hybridized carbons (Fsp3) is 0.273. The maximum Gasteiger partial charge on any atom is 0.268 e. The number of rotatable bonds is 4. The van der Waals surface area contributed by atoms with Gasteiger partial charge in [0.05, 0.1) is 10.7 Å². The van der Waals surface area contributed by atoms with E-state index in [0.29, 0.717) is 16.8 Å². The summed E-state index contributed by atoms with van der Waals surface area (Å²) in [6.07, 6.45) is 4.39. The molecule has 0 N–H and O–H groups in total. The van der Waals surface area contributed by atoms with Crippen LogP contribution in [0.5, 0.6) is 0 Å². The first-order chi connectivity index (χ1) is 8.96. The summed E-state index contributed by atoms with van der Waals surface area (Å²) in [6, 6.07) is 3.47. The molecule has 2 aromatic heterocycles. The predicted octanol–water partition coefficient (Wildman–Crippen LogP) is 1.89. The van der Waals surface area contributed by atoms with E-state index in [2.05, 4.69) is 26.0 Å². The minimum Gasteiger partial charge on any atom is -0.272 e. The zero-order valence-corrected chi connectivity index (χ0v) is 12.9. The van der Waals surface area contributed by atoms with Crippen molar-refractivity contribution < 1.29 is 8.42 Å². The molecule has 0 saturated heterocycles. The summed E-state index contributed by atoms with van der Waals surface area (Å²) in [5.74, 6) is 0.340. The molecule has 102 valence electrons. The lowest BCUT2D eigenvalue weighted by Crippen LogP contribution is -2.27. The largest absolute Gasteiger partial charge is 0.272 e. The van der Waals surface area contributed by atoms with Gasteiger partial charge in [-0.3, -0.25) is 8.99 Å². The van der Waals surface area contributed by atoms with Gasteiger partial charge < -0.3 is 0 Å². The van der Waals surface area contributed by atoms with Gasteiger partial charge in [-0.25, -0.2) is 13.4 Å². The monoisotopic (exact) mass is 344 g/mol. The molecule has 0 aliphatic carbocycles. The topological polar surface area (TPSA) is 68.1 Å². The van der Waals surface area contributed by atoms with Crippen molar-refractivity contribution in [1.29, 1.82) is 0 Å². The third kappa shape index (κ3) is 2.64. The number of nitrogens with zero attached hydrogens (tertiary/aromatic N) is 4. The van der Waals surface area contributed by atoms with Crippen LogP contribution in [0.4, 0.5) is 5.82 Å². The summed E-state index contributed by atoms with van der Waals surface area (Å²) in [5.41, 5.74) is 0. The number of hydrogen-bond donors (Lipinski definition) is 0. The molecule has 0 unspecified atom stereocenters. The van der Waals surface area contributed by atoms with Gasteiger partial charge in [-0.15, -0.1) is 0 Å². The zero-order chi connectivity index (χ0) is 14.0. The Labute approximate surface area is 120 Å². The molecule has 0 amide bonds. The maximum atomic E-state index is 12.4. The quantitative estimate of drug-likeness (QED) is 0.849. The molecule has 6 nitrogen and oxygen atoms in total. The molecule has 0 aliphatic heterocycles. The number of aromatic nitrogens is 3. The summed E-state index contributed by atoms with van der Waals surface area (Å²) in [5, 5.41) is 3.98. The fourth-order valence-electron chi connectivity index (χ4n) is 1.53. The second-order valence-electron chi connectivity index (χ2n) is 3.81. The Bertz CT molecular complexity index is 684. The fourth-order valence-corrected chi connectivity index (χ4v) is 3.29. The average Bonchev–Trinajstić information content (AvgIpc) is 2.88. The molecule has 2 heterocycles. The Kier molecular flexibility index (Phi) is 3.91. The molecule has 19 heavy (non-hydrogen) atoms. The van der Waals surface area contributed by atoms with Crippen LogP contribution in [0.1, 0.15) is 6.92 Å². The first kappa shape index (κ1) is 14.0. The van der Waals surface area contributed by atoms with Gasteiger partial charge in [0, 0.05) is 26.0 Å². The summed E-state index contributed by atoms with van der Waals surface area (Å²) in [6.45, 7) is 2.51. The highest BCUT2D eigenvalue weighted by atomic mass is 79.9. The van der Waals surface area contributed by atoms with Crippen molar-refractivity contribution in [3.05, 3.63) is 35.2 Å². The average molecular weight is 345 g/mol. The Morgan fingerprint density at radius 3 is 2.79 bits per heavy atom. The third-order valence-corrected chi connectivity index (χ3v) is 4.95. The number of hydrogen-bond acceptors (Lipinski definition) is 4. The SMILES string of the molecule is CCn1cc(S(=O)(=O)N(C)c2ncccc2Br)cn1. The van der Waals surface area contributed by atoms with Crippen molar-refractivity contribution in [3.8, 4) is 0 Å². The van der Waals surface area contributed by atoms with E-state index in [9.17, 15) is 8.42 Å². The van der Waals surface area contributed by atoms with Crippen molar-refractivity contribution in [2.75, 3.05) is 11.4 Å². The van der Waals surface area contributed by atoms with Crippen LogP contribution in [0.2, 0.25) is 0 Å². The van der Waals surface area contributed by atoms with Crippen LogP contribution in [0.3, 0.4) is 0 Å². The summed E-state index contributed by atoms with van der Waals surface area (Å²) in [7, 11) is -2.18. The number of anilines is 1. The van der Waals surface area contributed by atoms with Gasteiger partial charge in [-0.05, 0) is 35.0 Å². The highest BCUT2D eigenvalue weighted by molar-refractivity contribution is 9.10. The lowest BCUT2D eigenvalue weighted by molar-refractivity contribution is 0.593. The highest BCUT2D eigenvalue weighted by Crippen LogP contribution is 2.26. The summed E-state index contributed by atoms with van der Waals surface area (Å²) in [4.78, 5) is 4.22. The predicted molar refractivity (Wildman–Crippen MR) is 75.4 cm³/mol. The van der Waals surface area contributed by atoms with Crippen LogP contribution < -0.4 is 4.31 Å². The van der Waals surface area contributed by atoms with Crippen LogP contribution in [0.25, 0.3) is 0 Å². The Morgan fingerprint density at radius 2 is 2.21 bits per heavy atom. The van der Waals surface area contributed by atoms with Gasteiger partial charge >= 0.3 is 0 Å². The molecule has 0 bridgehead atoms. The van der Waals surface area contributed by atoms with E-state index < -0.39 is 10.0 Å². The molecule has 8 heteroatoms. The normalized spacial score (nSPS) is 11.5. The van der Waals surface area contributed by atoms with E-state index >= 15 is 0 Å². The molecule has 2 rings (SSSR count). The van der Waals surface area contributed by atoms with E-state index in [1.54, 1.807) is 23.0 Å². The van der Waals surface area contributed by atoms with Gasteiger partial charge in [-0.1, -0.05) is 0 Å². The van der Waals surface area contributed by atoms with Gasteiger partial charge in [0.25, 0.3) is 10.0 Å². The molecule has 2 aromatic rings. The minimum atomic E-state index is -3.65. The van der Waals surface area contributed by atoms with Crippen molar-refractivity contribution in [2.45, 2.75) is 18.4 Å². The molecule has 0 aromatic carbocycles. The first-order valence-corrected chi connectivity index (χ1v) is 7.82. The standard InChI is InChI=1S/C11H13BrN4O2S/c1-3-16-8-9(7-14-16)19(17,18)15(2)11-10(12)5-4-6-13-11/h4-8H,3H2,1-2H3. The summed E-state index contributed by atoms with van der Waals surface area (Å²) >= 11 is 3.29. The van der Waals surface area contributed by atoms with Gasteiger partial charge in [-0.2, -0.15) is 5.10 Å². The molecule has 0 atom stereocenters. The maximum absolute atomic E-state index is 12.4. The van der Waals surface area contributed by atoms with Crippen molar-refractivity contribution in [3.63, 3.8) is 0 Å². The molecule has 0 radical (unpaired) electrons. The zero-order valence-electron chi connectivity index (χ0n) is 10.5. The van der Waals surface area contributed by atoms with Crippen LogP contribution >= 0.6 is 15.9 Å². The number of aryl methyl sites for hydroxylation is 1. The van der Waals surface area contributed by atoms with Crippen molar-refractivity contribution >= 4 is 31.8 Å². The lowest BCUT2D eigenvalue weighted by atomic mass is 10.5. The van der Waals surface area contributed by atoms with Crippen LogP contribution in [0.15, 0.2) is 40.1 Å². The second-order valence-corrected chi connectivity index (χ2v) is 6.64. The number of pyridine rings is 1. The van der Waals surface area contributed by atoms with Gasteiger partial charge in [0.1, 0.15) is 4.90 Å². The Morgan fingerprint density at radius 1 is 1.47 bits per heavy atom. The van der Waals surface area contributed by atoms with Crippen LogP contribution in [-0.2, 0) is 16.6 Å². The Balaban J connectivity index is 2.42. The number of halogens is 1. The van der Waals surface area contributed by atoms with Crippen LogP contribution in [-0.4, -0.2) is 30.2 Å². The highest BCUT2D eigenvalue weighted by Gasteiger charge is 2.25. The van der Waals surface area contributed by atoms with Crippen molar-refractivity contribution in [2.24, 2.45) is 0 Å². The van der Waals surface area contributed by atoms with E-state index in [4.69, 9.17) is 0 Å². The smallest absolute Gasteiger partial charge is 0.268 e. The molecule has 0 saturated carbocycles.